The highest BCUT2D eigenvalue weighted by atomic mass is 35.5. The number of halogens is 4. The molecule has 0 atom stereocenters. The van der Waals surface area contributed by atoms with Crippen LogP contribution in [-0.2, 0) is 19.3 Å². The zero-order valence-corrected chi connectivity index (χ0v) is 13.0. The molecule has 0 aliphatic carbocycles. The Morgan fingerprint density at radius 2 is 1.88 bits per heavy atom. The Balaban J connectivity index is 2.03. The number of amides is 1. The number of hydrogen-bond acceptors (Lipinski definition) is 2. The first kappa shape index (κ1) is 17.9. The molecule has 0 aliphatic heterocycles. The summed E-state index contributed by atoms with van der Waals surface area (Å²) in [5.41, 5.74) is 0.620. The highest BCUT2D eigenvalue weighted by molar-refractivity contribution is 6.32. The zero-order valence-electron chi connectivity index (χ0n) is 12.2. The number of rotatable bonds is 5. The normalized spacial score (nSPS) is 11.2. The van der Waals surface area contributed by atoms with Crippen LogP contribution in [0.2, 0.25) is 5.02 Å². The Kier molecular flexibility index (Phi) is 5.56. The summed E-state index contributed by atoms with van der Waals surface area (Å²) in [6.45, 7) is 0.232. The Hall–Kier alpha value is -2.41. The molecule has 2 aromatic rings. The second-order valence-corrected chi connectivity index (χ2v) is 5.32. The molecule has 0 heterocycles. The van der Waals surface area contributed by atoms with Crippen LogP contribution >= 0.6 is 11.6 Å². The Morgan fingerprint density at radius 3 is 2.50 bits per heavy atom. The van der Waals surface area contributed by atoms with E-state index in [1.807, 2.05) is 0 Å². The molecule has 0 spiro atoms. The van der Waals surface area contributed by atoms with Gasteiger partial charge in [0.15, 0.2) is 0 Å². The molecule has 0 aliphatic rings. The molecular weight excluding hydrogens is 347 g/mol. The van der Waals surface area contributed by atoms with Gasteiger partial charge in [-0.05, 0) is 29.3 Å². The van der Waals surface area contributed by atoms with Gasteiger partial charge in [-0.25, -0.2) is 4.79 Å². The van der Waals surface area contributed by atoms with Crippen molar-refractivity contribution in [2.45, 2.75) is 19.3 Å². The van der Waals surface area contributed by atoms with Crippen molar-refractivity contribution in [3.8, 4) is 5.75 Å². The molecule has 2 aromatic carbocycles. The second-order valence-electron chi connectivity index (χ2n) is 4.91. The first-order valence-electron chi connectivity index (χ1n) is 6.80. The van der Waals surface area contributed by atoms with E-state index >= 15 is 0 Å². The molecule has 4 nitrogen and oxygen atoms in total. The fraction of sp³-hybridized carbons (Fsp3) is 0.188. The minimum absolute atomic E-state index is 0.0893. The van der Waals surface area contributed by atoms with E-state index in [0.717, 1.165) is 23.3 Å². The maximum Gasteiger partial charge on any atom is 0.416 e. The number of ether oxygens (including phenoxy) is 1. The van der Waals surface area contributed by atoms with E-state index < -0.39 is 17.8 Å². The summed E-state index contributed by atoms with van der Waals surface area (Å²) < 4.78 is 43.2. The van der Waals surface area contributed by atoms with Gasteiger partial charge in [0.25, 0.3) is 0 Å². The molecule has 0 aromatic heterocycles. The summed E-state index contributed by atoms with van der Waals surface area (Å²) >= 11 is 5.82. The zero-order chi connectivity index (χ0) is 17.7. The molecule has 2 rings (SSSR count). The van der Waals surface area contributed by atoms with Gasteiger partial charge in [0.1, 0.15) is 12.4 Å². The second kappa shape index (κ2) is 7.44. The molecule has 128 valence electrons. The molecule has 0 saturated carbocycles. The van der Waals surface area contributed by atoms with Crippen LogP contribution in [0.4, 0.5) is 18.0 Å². The number of carboxylic acid groups (broad SMARTS) is 1. The Morgan fingerprint density at radius 1 is 1.17 bits per heavy atom. The molecular formula is C16H13ClF3NO3. The van der Waals surface area contributed by atoms with Crippen LogP contribution in [0, 0.1) is 0 Å². The topological polar surface area (TPSA) is 58.6 Å². The number of benzene rings is 2. The van der Waals surface area contributed by atoms with Crippen molar-refractivity contribution in [1.82, 2.24) is 5.32 Å². The SMILES string of the molecule is O=C(O)NCc1cccc(COc2ccc(C(F)(F)F)cc2Cl)c1. The average Bonchev–Trinajstić information content (AvgIpc) is 2.51. The van der Waals surface area contributed by atoms with Gasteiger partial charge in [-0.2, -0.15) is 13.2 Å². The van der Waals surface area contributed by atoms with E-state index in [0.29, 0.717) is 0 Å². The molecule has 24 heavy (non-hydrogen) atoms. The van der Waals surface area contributed by atoms with E-state index in [9.17, 15) is 18.0 Å². The maximum absolute atomic E-state index is 12.6. The quantitative estimate of drug-likeness (QED) is 0.813. The van der Waals surface area contributed by atoms with E-state index in [2.05, 4.69) is 5.32 Å². The molecule has 8 heteroatoms. The van der Waals surface area contributed by atoms with E-state index in [4.69, 9.17) is 21.4 Å². The first-order valence-corrected chi connectivity index (χ1v) is 7.17. The van der Waals surface area contributed by atoms with Crippen LogP contribution in [0.3, 0.4) is 0 Å². The van der Waals surface area contributed by atoms with Gasteiger partial charge in [-0.1, -0.05) is 35.9 Å². The van der Waals surface area contributed by atoms with Crippen molar-refractivity contribution in [2.75, 3.05) is 0 Å². The summed E-state index contributed by atoms with van der Waals surface area (Å²) in [5.74, 6) is 0.138. The molecule has 0 bridgehead atoms. The molecule has 0 radical (unpaired) electrons. The molecule has 0 fully saturated rings. The first-order chi connectivity index (χ1) is 11.3. The largest absolute Gasteiger partial charge is 0.487 e. The van der Waals surface area contributed by atoms with Crippen molar-refractivity contribution in [2.24, 2.45) is 0 Å². The van der Waals surface area contributed by atoms with Crippen LogP contribution in [0.1, 0.15) is 16.7 Å². The predicted molar refractivity (Wildman–Crippen MR) is 82.1 cm³/mol. The van der Waals surface area contributed by atoms with E-state index in [-0.39, 0.29) is 23.9 Å². The minimum atomic E-state index is -4.46. The van der Waals surface area contributed by atoms with Gasteiger partial charge >= 0.3 is 12.3 Å². The van der Waals surface area contributed by atoms with Crippen molar-refractivity contribution in [3.63, 3.8) is 0 Å². The summed E-state index contributed by atoms with van der Waals surface area (Å²) in [6, 6.07) is 9.83. The Bertz CT molecular complexity index is 735. The molecule has 2 N–H and O–H groups in total. The van der Waals surface area contributed by atoms with Crippen LogP contribution in [0.15, 0.2) is 42.5 Å². The van der Waals surface area contributed by atoms with Crippen LogP contribution in [0.25, 0.3) is 0 Å². The van der Waals surface area contributed by atoms with Crippen molar-refractivity contribution in [3.05, 3.63) is 64.2 Å². The van der Waals surface area contributed by atoms with Crippen LogP contribution < -0.4 is 10.1 Å². The van der Waals surface area contributed by atoms with Crippen molar-refractivity contribution >= 4 is 17.7 Å². The lowest BCUT2D eigenvalue weighted by Gasteiger charge is -2.12. The third kappa shape index (κ3) is 5.06. The summed E-state index contributed by atoms with van der Waals surface area (Å²) in [5, 5.41) is 10.7. The Labute approximate surface area is 140 Å². The highest BCUT2D eigenvalue weighted by Gasteiger charge is 2.31. The minimum Gasteiger partial charge on any atom is -0.487 e. The molecule has 0 unspecified atom stereocenters. The van der Waals surface area contributed by atoms with E-state index in [1.54, 1.807) is 24.3 Å². The maximum atomic E-state index is 12.6. The van der Waals surface area contributed by atoms with Crippen molar-refractivity contribution < 1.29 is 27.8 Å². The number of alkyl halides is 3. The third-order valence-electron chi connectivity index (χ3n) is 3.09. The van der Waals surface area contributed by atoms with Gasteiger partial charge in [-0.3, -0.25) is 0 Å². The lowest BCUT2D eigenvalue weighted by molar-refractivity contribution is -0.137. The van der Waals surface area contributed by atoms with E-state index in [1.165, 1.54) is 6.07 Å². The number of hydrogen-bond donors (Lipinski definition) is 2. The van der Waals surface area contributed by atoms with Gasteiger partial charge in [0.2, 0.25) is 0 Å². The number of carbonyl (C=O) groups is 1. The summed E-state index contributed by atoms with van der Waals surface area (Å²) in [7, 11) is 0. The molecule has 1 amide bonds. The lowest BCUT2D eigenvalue weighted by atomic mass is 10.1. The summed E-state index contributed by atoms with van der Waals surface area (Å²) in [4.78, 5) is 10.5. The van der Waals surface area contributed by atoms with Crippen LogP contribution in [0.5, 0.6) is 5.75 Å². The lowest BCUT2D eigenvalue weighted by Crippen LogP contribution is -2.19. The van der Waals surface area contributed by atoms with Gasteiger partial charge < -0.3 is 15.2 Å². The third-order valence-corrected chi connectivity index (χ3v) is 3.38. The smallest absolute Gasteiger partial charge is 0.416 e. The average molecular weight is 360 g/mol. The highest BCUT2D eigenvalue weighted by Crippen LogP contribution is 2.34. The fourth-order valence-corrected chi connectivity index (χ4v) is 2.20. The van der Waals surface area contributed by atoms with Gasteiger partial charge in [0.05, 0.1) is 10.6 Å². The predicted octanol–water partition coefficient (Wildman–Crippen LogP) is 4.71. The molecule has 0 saturated heterocycles. The van der Waals surface area contributed by atoms with Crippen molar-refractivity contribution in [1.29, 1.82) is 0 Å². The van der Waals surface area contributed by atoms with Gasteiger partial charge in [-0.15, -0.1) is 0 Å². The monoisotopic (exact) mass is 359 g/mol. The van der Waals surface area contributed by atoms with Crippen LogP contribution in [-0.4, -0.2) is 11.2 Å². The number of nitrogens with one attached hydrogen (secondary N) is 1. The fourth-order valence-electron chi connectivity index (χ4n) is 1.96. The van der Waals surface area contributed by atoms with Gasteiger partial charge in [0, 0.05) is 6.54 Å². The summed E-state index contributed by atoms with van der Waals surface area (Å²) in [6.07, 6.45) is -5.60. The standard InChI is InChI=1S/C16H13ClF3NO3/c17-13-7-12(16(18,19)20)4-5-14(13)24-9-11-3-1-2-10(6-11)8-21-15(22)23/h1-7,21H,8-9H2,(H,22,23).